The topological polar surface area (TPSA) is 12.0 Å². The molecule has 0 amide bonds. The van der Waals surface area contributed by atoms with Gasteiger partial charge in [0.25, 0.3) is 0 Å². The van der Waals surface area contributed by atoms with Crippen molar-refractivity contribution in [1.82, 2.24) is 0 Å². The molecule has 0 aliphatic carbocycles. The molecule has 0 bridgehead atoms. The maximum Gasteiger partial charge on any atom is 0.124 e. The minimum absolute atomic E-state index is 0.307. The number of nitrogens with one attached hydrogen (secondary N) is 1. The fourth-order valence-corrected chi connectivity index (χ4v) is 2.36. The molecule has 0 fully saturated rings. The lowest BCUT2D eigenvalue weighted by Gasteiger charge is -2.14. The van der Waals surface area contributed by atoms with Gasteiger partial charge in [0.15, 0.2) is 0 Å². The van der Waals surface area contributed by atoms with Crippen LogP contribution in [-0.2, 0) is 13.0 Å². The van der Waals surface area contributed by atoms with E-state index in [4.69, 9.17) is 11.6 Å². The quantitative estimate of drug-likeness (QED) is 0.833. The Bertz CT molecular complexity index is 581. The molecular formula is C16H17ClFN. The molecule has 3 heteroatoms. The zero-order valence-corrected chi connectivity index (χ0v) is 11.9. The van der Waals surface area contributed by atoms with Gasteiger partial charge in [-0.1, -0.05) is 42.8 Å². The van der Waals surface area contributed by atoms with Crippen molar-refractivity contribution in [3.05, 3.63) is 63.9 Å². The van der Waals surface area contributed by atoms with Gasteiger partial charge < -0.3 is 5.32 Å². The standard InChI is InChI=1S/C16H17ClFN/c1-3-12-6-4-5-11(2)16(12)19-10-13-7-8-14(18)9-15(13)17/h4-9,19H,3,10H2,1-2H3. The molecule has 0 aliphatic heterocycles. The van der Waals surface area contributed by atoms with Gasteiger partial charge in [0.1, 0.15) is 5.82 Å². The molecule has 0 aromatic heterocycles. The van der Waals surface area contributed by atoms with Gasteiger partial charge in [0.2, 0.25) is 0 Å². The number of hydrogen-bond donors (Lipinski definition) is 1. The first-order valence-corrected chi connectivity index (χ1v) is 6.76. The molecule has 0 spiro atoms. The molecule has 0 heterocycles. The Hall–Kier alpha value is -1.54. The summed E-state index contributed by atoms with van der Waals surface area (Å²) in [6, 6.07) is 10.7. The number of para-hydroxylation sites is 1. The lowest BCUT2D eigenvalue weighted by Crippen LogP contribution is -2.04. The van der Waals surface area contributed by atoms with E-state index in [0.29, 0.717) is 11.6 Å². The average molecular weight is 278 g/mol. The molecule has 2 aromatic carbocycles. The molecule has 0 unspecified atom stereocenters. The maximum absolute atomic E-state index is 13.0. The summed E-state index contributed by atoms with van der Waals surface area (Å²) in [6.45, 7) is 4.80. The van der Waals surface area contributed by atoms with Gasteiger partial charge in [-0.15, -0.1) is 0 Å². The van der Waals surface area contributed by atoms with Crippen LogP contribution in [0.2, 0.25) is 5.02 Å². The fourth-order valence-electron chi connectivity index (χ4n) is 2.12. The zero-order valence-electron chi connectivity index (χ0n) is 11.1. The highest BCUT2D eigenvalue weighted by atomic mass is 35.5. The Morgan fingerprint density at radius 1 is 1.16 bits per heavy atom. The van der Waals surface area contributed by atoms with Gasteiger partial charge in [0, 0.05) is 17.3 Å². The lowest BCUT2D eigenvalue weighted by atomic mass is 10.1. The third-order valence-corrected chi connectivity index (χ3v) is 3.56. The van der Waals surface area contributed by atoms with E-state index in [1.807, 2.05) is 0 Å². The first-order valence-electron chi connectivity index (χ1n) is 6.38. The number of hydrogen-bond acceptors (Lipinski definition) is 1. The van der Waals surface area contributed by atoms with Crippen LogP contribution in [0.15, 0.2) is 36.4 Å². The van der Waals surface area contributed by atoms with Gasteiger partial charge in [0.05, 0.1) is 0 Å². The van der Waals surface area contributed by atoms with Crippen LogP contribution in [0.1, 0.15) is 23.6 Å². The second-order valence-electron chi connectivity index (χ2n) is 4.55. The van der Waals surface area contributed by atoms with Crippen molar-refractivity contribution in [3.8, 4) is 0 Å². The van der Waals surface area contributed by atoms with Crippen molar-refractivity contribution in [2.24, 2.45) is 0 Å². The summed E-state index contributed by atoms with van der Waals surface area (Å²) < 4.78 is 13.0. The Labute approximate surface area is 118 Å². The van der Waals surface area contributed by atoms with E-state index in [2.05, 4.69) is 37.4 Å². The maximum atomic E-state index is 13.0. The van der Waals surface area contributed by atoms with Crippen molar-refractivity contribution in [3.63, 3.8) is 0 Å². The van der Waals surface area contributed by atoms with Crippen molar-refractivity contribution in [2.75, 3.05) is 5.32 Å². The van der Waals surface area contributed by atoms with E-state index >= 15 is 0 Å². The highest BCUT2D eigenvalue weighted by Crippen LogP contribution is 2.24. The number of halogens is 2. The minimum Gasteiger partial charge on any atom is -0.380 e. The Balaban J connectivity index is 2.19. The molecule has 2 aromatic rings. The van der Waals surface area contributed by atoms with Crippen molar-refractivity contribution in [2.45, 2.75) is 26.8 Å². The van der Waals surface area contributed by atoms with Crippen LogP contribution in [0.25, 0.3) is 0 Å². The Morgan fingerprint density at radius 3 is 2.63 bits per heavy atom. The zero-order chi connectivity index (χ0) is 13.8. The van der Waals surface area contributed by atoms with Crippen LogP contribution in [-0.4, -0.2) is 0 Å². The smallest absolute Gasteiger partial charge is 0.124 e. The van der Waals surface area contributed by atoms with Crippen LogP contribution < -0.4 is 5.32 Å². The number of rotatable bonds is 4. The van der Waals surface area contributed by atoms with Gasteiger partial charge in [-0.3, -0.25) is 0 Å². The molecule has 1 N–H and O–H groups in total. The predicted octanol–water partition coefficient (Wildman–Crippen LogP) is 4.96. The number of benzene rings is 2. The van der Waals surface area contributed by atoms with E-state index in [1.54, 1.807) is 6.07 Å². The monoisotopic (exact) mass is 277 g/mol. The SMILES string of the molecule is CCc1cccc(C)c1NCc1ccc(F)cc1Cl. The summed E-state index contributed by atoms with van der Waals surface area (Å²) in [5.41, 5.74) is 4.52. The molecule has 100 valence electrons. The summed E-state index contributed by atoms with van der Waals surface area (Å²) in [5.74, 6) is -0.307. The van der Waals surface area contributed by atoms with Crippen molar-refractivity contribution in [1.29, 1.82) is 0 Å². The summed E-state index contributed by atoms with van der Waals surface area (Å²) >= 11 is 6.03. The number of aryl methyl sites for hydroxylation is 2. The molecule has 2 rings (SSSR count). The van der Waals surface area contributed by atoms with E-state index in [-0.39, 0.29) is 5.82 Å². The minimum atomic E-state index is -0.307. The molecule has 1 nitrogen and oxygen atoms in total. The largest absolute Gasteiger partial charge is 0.380 e. The van der Waals surface area contributed by atoms with Crippen LogP contribution >= 0.6 is 11.6 Å². The molecular weight excluding hydrogens is 261 g/mol. The van der Waals surface area contributed by atoms with Crippen LogP contribution in [0.4, 0.5) is 10.1 Å². The summed E-state index contributed by atoms with van der Waals surface area (Å²) in [4.78, 5) is 0. The van der Waals surface area contributed by atoms with Crippen LogP contribution in [0.3, 0.4) is 0 Å². The normalized spacial score (nSPS) is 10.5. The van der Waals surface area contributed by atoms with E-state index in [1.165, 1.54) is 23.3 Å². The first kappa shape index (κ1) is 13.9. The van der Waals surface area contributed by atoms with Gasteiger partial charge in [-0.2, -0.15) is 0 Å². The van der Waals surface area contributed by atoms with E-state index in [0.717, 1.165) is 17.7 Å². The Kier molecular flexibility index (Phi) is 4.43. The van der Waals surface area contributed by atoms with E-state index < -0.39 is 0 Å². The third kappa shape index (κ3) is 3.27. The predicted molar refractivity (Wildman–Crippen MR) is 79.3 cm³/mol. The summed E-state index contributed by atoms with van der Waals surface area (Å²) in [5, 5.41) is 3.86. The highest BCUT2D eigenvalue weighted by Gasteiger charge is 2.06. The molecule has 0 saturated carbocycles. The third-order valence-electron chi connectivity index (χ3n) is 3.21. The molecule has 0 aliphatic rings. The average Bonchev–Trinajstić information content (AvgIpc) is 2.39. The second kappa shape index (κ2) is 6.07. The van der Waals surface area contributed by atoms with Gasteiger partial charge >= 0.3 is 0 Å². The van der Waals surface area contributed by atoms with Crippen molar-refractivity contribution < 1.29 is 4.39 Å². The van der Waals surface area contributed by atoms with E-state index in [9.17, 15) is 4.39 Å². The van der Waals surface area contributed by atoms with Crippen LogP contribution in [0.5, 0.6) is 0 Å². The fraction of sp³-hybridized carbons (Fsp3) is 0.250. The number of anilines is 1. The molecule has 0 saturated heterocycles. The highest BCUT2D eigenvalue weighted by molar-refractivity contribution is 6.31. The molecule has 19 heavy (non-hydrogen) atoms. The van der Waals surface area contributed by atoms with Crippen LogP contribution in [0, 0.1) is 12.7 Å². The first-order chi connectivity index (χ1) is 9.11. The summed E-state index contributed by atoms with van der Waals surface area (Å²) in [6.07, 6.45) is 0.973. The summed E-state index contributed by atoms with van der Waals surface area (Å²) in [7, 11) is 0. The van der Waals surface area contributed by atoms with Gasteiger partial charge in [-0.05, 0) is 42.2 Å². The lowest BCUT2D eigenvalue weighted by molar-refractivity contribution is 0.627. The van der Waals surface area contributed by atoms with Crippen molar-refractivity contribution >= 4 is 17.3 Å². The molecule has 0 radical (unpaired) electrons. The molecule has 0 atom stereocenters. The van der Waals surface area contributed by atoms with Gasteiger partial charge in [-0.25, -0.2) is 4.39 Å². The Morgan fingerprint density at radius 2 is 1.95 bits per heavy atom. The second-order valence-corrected chi connectivity index (χ2v) is 4.96.